The molecular formula is C19H26O3. The van der Waals surface area contributed by atoms with Crippen molar-refractivity contribution >= 4 is 5.78 Å². The van der Waals surface area contributed by atoms with E-state index in [0.717, 1.165) is 31.2 Å². The first-order valence-electron chi connectivity index (χ1n) is 8.25. The Morgan fingerprint density at radius 2 is 2.09 bits per heavy atom. The average Bonchev–Trinajstić information content (AvgIpc) is 2.94. The summed E-state index contributed by atoms with van der Waals surface area (Å²) in [4.78, 5) is 12.6. The maximum absolute atomic E-state index is 12.6. The van der Waals surface area contributed by atoms with Crippen molar-refractivity contribution in [3.63, 3.8) is 0 Å². The van der Waals surface area contributed by atoms with Crippen molar-refractivity contribution in [2.75, 3.05) is 0 Å². The molecule has 0 aliphatic heterocycles. The van der Waals surface area contributed by atoms with Crippen LogP contribution in [-0.2, 0) is 11.2 Å². The molecule has 3 atom stereocenters. The molecule has 0 spiro atoms. The Balaban J connectivity index is 1.93. The van der Waals surface area contributed by atoms with Crippen LogP contribution in [0.25, 0.3) is 0 Å². The molecule has 1 fully saturated rings. The molecule has 0 radical (unpaired) electrons. The van der Waals surface area contributed by atoms with E-state index in [9.17, 15) is 9.90 Å². The van der Waals surface area contributed by atoms with Crippen molar-refractivity contribution in [1.82, 2.24) is 0 Å². The Hall–Kier alpha value is -1.35. The molecule has 120 valence electrons. The molecule has 0 amide bonds. The van der Waals surface area contributed by atoms with E-state index in [1.54, 1.807) is 24.7 Å². The lowest BCUT2D eigenvalue weighted by atomic mass is 9.47. The van der Waals surface area contributed by atoms with Gasteiger partial charge in [-0.25, -0.2) is 0 Å². The maximum Gasteiger partial charge on any atom is 0.159 e. The third-order valence-corrected chi connectivity index (χ3v) is 6.11. The highest BCUT2D eigenvalue weighted by Crippen LogP contribution is 2.59. The van der Waals surface area contributed by atoms with Crippen LogP contribution in [0.3, 0.4) is 0 Å². The van der Waals surface area contributed by atoms with Gasteiger partial charge in [-0.3, -0.25) is 4.79 Å². The number of hydrogen-bond donors (Lipinski definition) is 1. The second kappa shape index (κ2) is 5.09. The number of rotatable bonds is 3. The molecule has 1 aromatic heterocycles. The fraction of sp³-hybridized carbons (Fsp3) is 0.632. The first-order chi connectivity index (χ1) is 10.3. The van der Waals surface area contributed by atoms with Crippen LogP contribution >= 0.6 is 0 Å². The Kier molecular flexibility index (Phi) is 3.59. The van der Waals surface area contributed by atoms with E-state index in [-0.39, 0.29) is 22.5 Å². The van der Waals surface area contributed by atoms with Gasteiger partial charge in [-0.2, -0.15) is 0 Å². The summed E-state index contributed by atoms with van der Waals surface area (Å²) in [5.74, 6) is 0.0771. The van der Waals surface area contributed by atoms with Crippen LogP contribution < -0.4 is 0 Å². The van der Waals surface area contributed by atoms with E-state index in [1.807, 2.05) is 6.07 Å². The van der Waals surface area contributed by atoms with Crippen LogP contribution in [0.1, 0.15) is 52.0 Å². The molecule has 1 aromatic rings. The first-order valence-corrected chi connectivity index (χ1v) is 8.25. The molecule has 3 unspecified atom stereocenters. The minimum Gasteiger partial charge on any atom is -0.472 e. The molecule has 1 N–H and O–H groups in total. The van der Waals surface area contributed by atoms with E-state index >= 15 is 0 Å². The van der Waals surface area contributed by atoms with Gasteiger partial charge in [0.2, 0.25) is 0 Å². The van der Waals surface area contributed by atoms with Crippen molar-refractivity contribution in [2.45, 2.75) is 58.5 Å². The van der Waals surface area contributed by atoms with E-state index in [1.165, 1.54) is 0 Å². The van der Waals surface area contributed by atoms with Crippen LogP contribution in [-0.4, -0.2) is 16.5 Å². The normalized spacial score (nSPS) is 37.1. The number of carbonyl (C=O) groups is 1. The predicted molar refractivity (Wildman–Crippen MR) is 85.4 cm³/mol. The number of allylic oxidation sites excluding steroid dienone is 1. The van der Waals surface area contributed by atoms with Gasteiger partial charge in [0.05, 0.1) is 18.1 Å². The minimum atomic E-state index is -0.930. The molecule has 3 nitrogen and oxygen atoms in total. The zero-order valence-corrected chi connectivity index (χ0v) is 13.8. The summed E-state index contributed by atoms with van der Waals surface area (Å²) in [7, 11) is 0. The predicted octanol–water partition coefficient (Wildman–Crippen LogP) is 3.91. The minimum absolute atomic E-state index is 0.0571. The van der Waals surface area contributed by atoms with Gasteiger partial charge < -0.3 is 9.52 Å². The van der Waals surface area contributed by atoms with Crippen molar-refractivity contribution < 1.29 is 14.3 Å². The SMILES string of the molecule is CC1(C)CCCC2(C)C1C(=O)C=CC2(O)CCc1ccoc1. The van der Waals surface area contributed by atoms with Gasteiger partial charge in [-0.1, -0.05) is 27.2 Å². The number of aryl methyl sites for hydroxylation is 1. The van der Waals surface area contributed by atoms with E-state index < -0.39 is 5.60 Å². The van der Waals surface area contributed by atoms with Gasteiger partial charge in [0.1, 0.15) is 0 Å². The fourth-order valence-corrected chi connectivity index (χ4v) is 4.87. The highest BCUT2D eigenvalue weighted by atomic mass is 16.3. The van der Waals surface area contributed by atoms with Crippen molar-refractivity contribution in [2.24, 2.45) is 16.7 Å². The molecule has 3 heteroatoms. The average molecular weight is 302 g/mol. The number of aliphatic hydroxyl groups is 1. The smallest absolute Gasteiger partial charge is 0.159 e. The first kappa shape index (κ1) is 15.5. The molecule has 2 aliphatic carbocycles. The molecule has 1 heterocycles. The van der Waals surface area contributed by atoms with Gasteiger partial charge >= 0.3 is 0 Å². The van der Waals surface area contributed by atoms with Gasteiger partial charge in [0, 0.05) is 11.3 Å². The molecule has 0 bridgehead atoms. The Bertz CT molecular complexity index is 584. The highest BCUT2D eigenvalue weighted by molar-refractivity contribution is 5.94. The van der Waals surface area contributed by atoms with E-state index in [0.29, 0.717) is 6.42 Å². The van der Waals surface area contributed by atoms with E-state index in [2.05, 4.69) is 20.8 Å². The molecule has 2 aliphatic rings. The van der Waals surface area contributed by atoms with E-state index in [4.69, 9.17) is 4.42 Å². The quantitative estimate of drug-likeness (QED) is 0.921. The second-order valence-electron chi connectivity index (χ2n) is 7.98. The van der Waals surface area contributed by atoms with Crippen LogP contribution in [0.5, 0.6) is 0 Å². The second-order valence-corrected chi connectivity index (χ2v) is 7.98. The third kappa shape index (κ3) is 2.26. The highest BCUT2D eigenvalue weighted by Gasteiger charge is 2.59. The number of hydrogen-bond acceptors (Lipinski definition) is 3. The van der Waals surface area contributed by atoms with Gasteiger partial charge in [0.25, 0.3) is 0 Å². The summed E-state index contributed by atoms with van der Waals surface area (Å²) in [6.07, 6.45) is 11.2. The summed E-state index contributed by atoms with van der Waals surface area (Å²) >= 11 is 0. The van der Waals surface area contributed by atoms with Gasteiger partial charge in [-0.15, -0.1) is 0 Å². The summed E-state index contributed by atoms with van der Waals surface area (Å²) in [5.41, 5.74) is -0.280. The maximum atomic E-state index is 12.6. The van der Waals surface area contributed by atoms with Crippen LogP contribution in [0.15, 0.2) is 35.2 Å². The largest absolute Gasteiger partial charge is 0.472 e. The Labute approximate surface area is 132 Å². The zero-order chi connectivity index (χ0) is 16.0. The molecule has 3 rings (SSSR count). The Morgan fingerprint density at radius 3 is 2.77 bits per heavy atom. The molecule has 0 aromatic carbocycles. The van der Waals surface area contributed by atoms with Crippen LogP contribution in [0.2, 0.25) is 0 Å². The molecular weight excluding hydrogens is 276 g/mol. The number of furan rings is 1. The Morgan fingerprint density at radius 1 is 1.32 bits per heavy atom. The molecule has 0 saturated heterocycles. The lowest BCUT2D eigenvalue weighted by Gasteiger charge is -2.57. The third-order valence-electron chi connectivity index (χ3n) is 6.11. The number of carbonyl (C=O) groups excluding carboxylic acids is 1. The monoisotopic (exact) mass is 302 g/mol. The van der Waals surface area contributed by atoms with Crippen molar-refractivity contribution in [3.8, 4) is 0 Å². The summed E-state index contributed by atoms with van der Waals surface area (Å²) in [5, 5.41) is 11.4. The topological polar surface area (TPSA) is 50.4 Å². The van der Waals surface area contributed by atoms with Gasteiger partial charge in [-0.05, 0) is 54.9 Å². The van der Waals surface area contributed by atoms with Crippen molar-refractivity contribution in [1.29, 1.82) is 0 Å². The van der Waals surface area contributed by atoms with Crippen LogP contribution in [0, 0.1) is 16.7 Å². The number of fused-ring (bicyclic) bond motifs is 1. The zero-order valence-electron chi connectivity index (χ0n) is 13.8. The lowest BCUT2D eigenvalue weighted by molar-refractivity contribution is -0.160. The fourth-order valence-electron chi connectivity index (χ4n) is 4.87. The summed E-state index contributed by atoms with van der Waals surface area (Å²) in [6.45, 7) is 6.45. The van der Waals surface area contributed by atoms with Crippen molar-refractivity contribution in [3.05, 3.63) is 36.3 Å². The van der Waals surface area contributed by atoms with Crippen LogP contribution in [0.4, 0.5) is 0 Å². The molecule has 1 saturated carbocycles. The summed E-state index contributed by atoms with van der Waals surface area (Å²) in [6, 6.07) is 1.94. The standard InChI is InChI=1S/C19H26O3/c1-17(2)8-4-9-18(3)16(17)15(20)6-11-19(18,21)10-5-14-7-12-22-13-14/h6-7,11-13,16,21H,4-5,8-10H2,1-3H3. The molecule has 22 heavy (non-hydrogen) atoms. The lowest BCUT2D eigenvalue weighted by Crippen LogP contribution is -2.60. The summed E-state index contributed by atoms with van der Waals surface area (Å²) < 4.78 is 5.12. The van der Waals surface area contributed by atoms with Gasteiger partial charge in [0.15, 0.2) is 5.78 Å². The number of ketones is 1.